The fourth-order valence-corrected chi connectivity index (χ4v) is 2.64. The molecule has 4 nitrogen and oxygen atoms in total. The van der Waals surface area contributed by atoms with Gasteiger partial charge in [0.2, 0.25) is 0 Å². The molecule has 2 N–H and O–H groups in total. The number of benzene rings is 1. The van der Waals surface area contributed by atoms with Crippen molar-refractivity contribution in [1.82, 2.24) is 0 Å². The van der Waals surface area contributed by atoms with Crippen LogP contribution in [0.15, 0.2) is 12.1 Å². The molecule has 4 heteroatoms. The molecule has 0 spiro atoms. The summed E-state index contributed by atoms with van der Waals surface area (Å²) in [4.78, 5) is 22.6. The predicted molar refractivity (Wildman–Crippen MR) is 66.2 cm³/mol. The minimum atomic E-state index is -1.05. The number of aromatic carboxylic acids is 2. The van der Waals surface area contributed by atoms with E-state index in [1.54, 1.807) is 13.0 Å². The smallest absolute Gasteiger partial charge is 0.336 e. The van der Waals surface area contributed by atoms with Crippen LogP contribution < -0.4 is 0 Å². The third-order valence-electron chi connectivity index (χ3n) is 3.72. The van der Waals surface area contributed by atoms with E-state index in [4.69, 9.17) is 0 Å². The number of carboxylic acid groups (broad SMARTS) is 2. The number of hydrogen-bond donors (Lipinski definition) is 2. The summed E-state index contributed by atoms with van der Waals surface area (Å²) in [6.45, 7) is 3.75. The Balaban J connectivity index is 2.61. The van der Waals surface area contributed by atoms with Crippen LogP contribution in [0.3, 0.4) is 0 Å². The molecule has 1 saturated carbocycles. The van der Waals surface area contributed by atoms with E-state index in [0.717, 1.165) is 12.8 Å². The van der Waals surface area contributed by atoms with Crippen LogP contribution in [0.4, 0.5) is 0 Å². The van der Waals surface area contributed by atoms with Gasteiger partial charge < -0.3 is 10.2 Å². The van der Waals surface area contributed by atoms with E-state index in [2.05, 4.69) is 0 Å². The highest BCUT2D eigenvalue weighted by Crippen LogP contribution is 2.51. The zero-order valence-corrected chi connectivity index (χ0v) is 10.4. The van der Waals surface area contributed by atoms with Crippen molar-refractivity contribution in [2.75, 3.05) is 0 Å². The van der Waals surface area contributed by atoms with Gasteiger partial charge in [0, 0.05) is 0 Å². The Hall–Kier alpha value is -1.84. The van der Waals surface area contributed by atoms with Gasteiger partial charge in [0.25, 0.3) is 0 Å². The Labute approximate surface area is 105 Å². The van der Waals surface area contributed by atoms with E-state index in [-0.39, 0.29) is 17.0 Å². The first kappa shape index (κ1) is 12.6. The first-order chi connectivity index (χ1) is 8.47. The molecule has 0 saturated heterocycles. The normalized spacial score (nSPS) is 21.7. The second kappa shape index (κ2) is 4.44. The first-order valence-electron chi connectivity index (χ1n) is 6.07. The second-order valence-electron chi connectivity index (χ2n) is 4.84. The monoisotopic (exact) mass is 248 g/mol. The molecule has 1 aliphatic carbocycles. The molecule has 0 radical (unpaired) electrons. The molecule has 1 aliphatic rings. The Bertz CT molecular complexity index is 519. The second-order valence-corrected chi connectivity index (χ2v) is 4.84. The predicted octanol–water partition coefficient (Wildman–Crippen LogP) is 2.90. The Morgan fingerprint density at radius 2 is 1.94 bits per heavy atom. The number of rotatable bonds is 4. The van der Waals surface area contributed by atoms with Crippen LogP contribution in [0.2, 0.25) is 0 Å². The van der Waals surface area contributed by atoms with Crippen LogP contribution in [-0.4, -0.2) is 22.2 Å². The highest BCUT2D eigenvalue weighted by Gasteiger charge is 2.41. The van der Waals surface area contributed by atoms with E-state index in [9.17, 15) is 19.8 Å². The van der Waals surface area contributed by atoms with Gasteiger partial charge in [-0.15, -0.1) is 0 Å². The molecule has 2 atom stereocenters. The minimum Gasteiger partial charge on any atom is -0.478 e. The number of carbonyl (C=O) groups is 2. The SMILES string of the molecule is CCC1CC1c1c(C(=O)O)ccc(C)c1C(=O)O. The van der Waals surface area contributed by atoms with Gasteiger partial charge >= 0.3 is 11.9 Å². The third kappa shape index (κ3) is 1.98. The van der Waals surface area contributed by atoms with Gasteiger partial charge in [-0.1, -0.05) is 19.4 Å². The summed E-state index contributed by atoms with van der Waals surface area (Å²) in [5, 5.41) is 18.5. The van der Waals surface area contributed by atoms with Crippen LogP contribution in [-0.2, 0) is 0 Å². The highest BCUT2D eigenvalue weighted by atomic mass is 16.4. The average Bonchev–Trinajstić information content (AvgIpc) is 3.06. The summed E-state index contributed by atoms with van der Waals surface area (Å²) < 4.78 is 0. The third-order valence-corrected chi connectivity index (χ3v) is 3.72. The summed E-state index contributed by atoms with van der Waals surface area (Å²) in [5.74, 6) is -1.57. The van der Waals surface area contributed by atoms with Crippen LogP contribution in [0.25, 0.3) is 0 Å². The largest absolute Gasteiger partial charge is 0.478 e. The van der Waals surface area contributed by atoms with Crippen molar-refractivity contribution in [3.05, 3.63) is 34.4 Å². The van der Waals surface area contributed by atoms with Crippen LogP contribution in [0.5, 0.6) is 0 Å². The van der Waals surface area contributed by atoms with Crippen molar-refractivity contribution in [2.24, 2.45) is 5.92 Å². The van der Waals surface area contributed by atoms with Gasteiger partial charge in [-0.05, 0) is 42.4 Å². The number of hydrogen-bond acceptors (Lipinski definition) is 2. The lowest BCUT2D eigenvalue weighted by atomic mass is 9.92. The minimum absolute atomic E-state index is 0.0899. The molecule has 0 aromatic heterocycles. The quantitative estimate of drug-likeness (QED) is 0.859. The maximum atomic E-state index is 11.4. The topological polar surface area (TPSA) is 74.6 Å². The van der Waals surface area contributed by atoms with Crippen molar-refractivity contribution in [1.29, 1.82) is 0 Å². The molecule has 18 heavy (non-hydrogen) atoms. The molecular formula is C14H16O4. The lowest BCUT2D eigenvalue weighted by Gasteiger charge is -2.12. The van der Waals surface area contributed by atoms with Crippen molar-refractivity contribution >= 4 is 11.9 Å². The van der Waals surface area contributed by atoms with E-state index >= 15 is 0 Å². The Morgan fingerprint density at radius 1 is 1.28 bits per heavy atom. The van der Waals surface area contributed by atoms with Crippen molar-refractivity contribution in [3.63, 3.8) is 0 Å². The maximum absolute atomic E-state index is 11.4. The molecular weight excluding hydrogens is 232 g/mol. The van der Waals surface area contributed by atoms with E-state index in [1.165, 1.54) is 6.07 Å². The molecule has 96 valence electrons. The van der Waals surface area contributed by atoms with Gasteiger partial charge in [-0.3, -0.25) is 0 Å². The highest BCUT2D eigenvalue weighted by molar-refractivity contribution is 5.98. The molecule has 1 aromatic rings. The van der Waals surface area contributed by atoms with Gasteiger partial charge in [0.05, 0.1) is 11.1 Å². The average molecular weight is 248 g/mol. The Kier molecular flexibility index (Phi) is 3.11. The lowest BCUT2D eigenvalue weighted by molar-refractivity contribution is 0.0694. The lowest BCUT2D eigenvalue weighted by Crippen LogP contribution is -2.11. The summed E-state index contributed by atoms with van der Waals surface area (Å²) in [6, 6.07) is 3.09. The van der Waals surface area contributed by atoms with Gasteiger partial charge in [0.1, 0.15) is 0 Å². The van der Waals surface area contributed by atoms with Crippen LogP contribution in [0.1, 0.15) is 57.5 Å². The maximum Gasteiger partial charge on any atom is 0.336 e. The molecule has 0 heterocycles. The van der Waals surface area contributed by atoms with Crippen molar-refractivity contribution < 1.29 is 19.8 Å². The fraction of sp³-hybridized carbons (Fsp3) is 0.429. The molecule has 0 bridgehead atoms. The van der Waals surface area contributed by atoms with Gasteiger partial charge in [-0.2, -0.15) is 0 Å². The molecule has 2 rings (SSSR count). The van der Waals surface area contributed by atoms with Crippen LogP contribution >= 0.6 is 0 Å². The molecule has 1 fully saturated rings. The van der Waals surface area contributed by atoms with Crippen molar-refractivity contribution in [2.45, 2.75) is 32.6 Å². The molecule has 0 aliphatic heterocycles. The number of aryl methyl sites for hydroxylation is 1. The zero-order chi connectivity index (χ0) is 13.4. The standard InChI is InChI=1S/C14H16O4/c1-3-8-6-10(8)12-9(13(15)16)5-4-7(2)11(12)14(17)18/h4-5,8,10H,3,6H2,1-2H3,(H,15,16)(H,17,18). The summed E-state index contributed by atoms with van der Waals surface area (Å²) in [5.41, 5.74) is 1.46. The first-order valence-corrected chi connectivity index (χ1v) is 6.07. The molecule has 2 unspecified atom stereocenters. The van der Waals surface area contributed by atoms with E-state index in [1.807, 2.05) is 6.92 Å². The van der Waals surface area contributed by atoms with Gasteiger partial charge in [-0.25, -0.2) is 9.59 Å². The Morgan fingerprint density at radius 3 is 2.39 bits per heavy atom. The fourth-order valence-electron chi connectivity index (χ4n) is 2.64. The summed E-state index contributed by atoms with van der Waals surface area (Å²) in [7, 11) is 0. The van der Waals surface area contributed by atoms with Gasteiger partial charge in [0.15, 0.2) is 0 Å². The van der Waals surface area contributed by atoms with E-state index in [0.29, 0.717) is 17.0 Å². The van der Waals surface area contributed by atoms with Crippen LogP contribution in [0, 0.1) is 12.8 Å². The zero-order valence-electron chi connectivity index (χ0n) is 10.4. The summed E-state index contributed by atoms with van der Waals surface area (Å²) >= 11 is 0. The summed E-state index contributed by atoms with van der Waals surface area (Å²) in [6.07, 6.45) is 1.84. The van der Waals surface area contributed by atoms with E-state index < -0.39 is 11.9 Å². The van der Waals surface area contributed by atoms with Crippen molar-refractivity contribution in [3.8, 4) is 0 Å². The molecule has 1 aromatic carbocycles. The number of carboxylic acids is 2. The molecule has 0 amide bonds.